The Bertz CT molecular complexity index is 628. The zero-order valence-corrected chi connectivity index (χ0v) is 12.4. The van der Waals surface area contributed by atoms with Crippen LogP contribution < -0.4 is 10.6 Å². The van der Waals surface area contributed by atoms with E-state index in [0.29, 0.717) is 6.42 Å². The number of hydrogen-bond acceptors (Lipinski definition) is 3. The van der Waals surface area contributed by atoms with Gasteiger partial charge in [-0.15, -0.1) is 0 Å². The molecule has 112 valence electrons. The summed E-state index contributed by atoms with van der Waals surface area (Å²) in [5.74, 6) is 0.0779. The molecule has 0 bridgehead atoms. The monoisotopic (exact) mass is 286 g/mol. The summed E-state index contributed by atoms with van der Waals surface area (Å²) in [6.45, 7) is 0. The first-order valence-corrected chi connectivity index (χ1v) is 7.63. The van der Waals surface area contributed by atoms with Crippen molar-refractivity contribution < 1.29 is 4.79 Å². The Morgan fingerprint density at radius 1 is 1.33 bits per heavy atom. The van der Waals surface area contributed by atoms with Crippen LogP contribution in [0.4, 0.5) is 5.69 Å². The highest BCUT2D eigenvalue weighted by molar-refractivity contribution is 5.94. The number of carbonyl (C=O) groups excluding carboxylic acids is 1. The van der Waals surface area contributed by atoms with Crippen LogP contribution in [0.15, 0.2) is 24.4 Å². The van der Waals surface area contributed by atoms with Gasteiger partial charge >= 0.3 is 0 Å². The Kier molecular flexibility index (Phi) is 3.92. The highest BCUT2D eigenvalue weighted by Gasteiger charge is 2.32. The van der Waals surface area contributed by atoms with Crippen LogP contribution in [0.5, 0.6) is 0 Å². The fraction of sp³-hybridized carbons (Fsp3) is 0.500. The number of fused-ring (bicyclic) bond motifs is 1. The van der Waals surface area contributed by atoms with E-state index in [1.165, 1.54) is 19.3 Å². The van der Waals surface area contributed by atoms with E-state index >= 15 is 0 Å². The van der Waals surface area contributed by atoms with E-state index in [9.17, 15) is 4.79 Å². The normalized spacial score (nSPS) is 17.8. The topological polar surface area (TPSA) is 69.8 Å². The predicted octanol–water partition coefficient (Wildman–Crippen LogP) is 2.81. The Morgan fingerprint density at radius 2 is 2.14 bits per heavy atom. The lowest BCUT2D eigenvalue weighted by molar-refractivity contribution is -0.117. The minimum atomic E-state index is -0.0257. The third-order valence-electron chi connectivity index (χ3n) is 4.56. The van der Waals surface area contributed by atoms with Gasteiger partial charge in [0.2, 0.25) is 5.91 Å². The maximum absolute atomic E-state index is 12.3. The van der Waals surface area contributed by atoms with Crippen LogP contribution in [0.3, 0.4) is 0 Å². The number of carbonyl (C=O) groups is 1. The third-order valence-corrected chi connectivity index (χ3v) is 4.56. The number of hydrogen-bond donors (Lipinski definition) is 3. The molecule has 1 saturated carbocycles. The molecule has 0 saturated heterocycles. The van der Waals surface area contributed by atoms with Crippen molar-refractivity contribution in [3.63, 3.8) is 0 Å². The first kappa shape index (κ1) is 14.1. The number of H-pyrrole nitrogens is 1. The molecule has 0 unspecified atom stereocenters. The van der Waals surface area contributed by atoms with Crippen LogP contribution in [-0.4, -0.2) is 28.7 Å². The van der Waals surface area contributed by atoms with Crippen LogP contribution >= 0.6 is 0 Å². The van der Waals surface area contributed by atoms with Gasteiger partial charge in [-0.1, -0.05) is 19.3 Å². The first-order chi connectivity index (χ1) is 10.2. The predicted molar refractivity (Wildman–Crippen MR) is 84.2 cm³/mol. The molecule has 1 amide bonds. The van der Waals surface area contributed by atoms with Crippen molar-refractivity contribution in [2.45, 2.75) is 44.1 Å². The van der Waals surface area contributed by atoms with Crippen molar-refractivity contribution in [3.05, 3.63) is 24.4 Å². The molecule has 1 aliphatic carbocycles. The van der Waals surface area contributed by atoms with E-state index in [2.05, 4.69) is 20.8 Å². The van der Waals surface area contributed by atoms with Gasteiger partial charge in [0.1, 0.15) is 0 Å². The van der Waals surface area contributed by atoms with Gasteiger partial charge < -0.3 is 10.6 Å². The van der Waals surface area contributed by atoms with Crippen molar-refractivity contribution in [3.8, 4) is 0 Å². The van der Waals surface area contributed by atoms with Crippen molar-refractivity contribution in [2.75, 3.05) is 12.4 Å². The molecule has 2 aromatic rings. The minimum Gasteiger partial charge on any atom is -0.326 e. The summed E-state index contributed by atoms with van der Waals surface area (Å²) < 4.78 is 0. The molecule has 5 heteroatoms. The number of rotatable bonds is 4. The molecule has 3 rings (SSSR count). The van der Waals surface area contributed by atoms with E-state index in [1.54, 1.807) is 6.20 Å². The standard InChI is InChI=1S/C16H22N4O/c1-17-16(7-3-2-4-8-16)10-15(21)19-13-5-6-14-12(9-13)11-18-20-14/h5-6,9,11,17H,2-4,7-8,10H2,1H3,(H,18,20)(H,19,21). The van der Waals surface area contributed by atoms with Crippen LogP contribution in [0.25, 0.3) is 10.9 Å². The van der Waals surface area contributed by atoms with Gasteiger partial charge in [0.25, 0.3) is 0 Å². The average Bonchev–Trinajstić information content (AvgIpc) is 2.95. The van der Waals surface area contributed by atoms with Gasteiger partial charge in [0.05, 0.1) is 11.7 Å². The first-order valence-electron chi connectivity index (χ1n) is 7.63. The lowest BCUT2D eigenvalue weighted by Gasteiger charge is -2.36. The molecule has 21 heavy (non-hydrogen) atoms. The number of nitrogens with zero attached hydrogens (tertiary/aromatic N) is 1. The summed E-state index contributed by atoms with van der Waals surface area (Å²) in [7, 11) is 1.97. The molecule has 0 spiro atoms. The van der Waals surface area contributed by atoms with Gasteiger partial charge in [0, 0.05) is 23.0 Å². The summed E-state index contributed by atoms with van der Waals surface area (Å²) in [5.41, 5.74) is 1.78. The molecule has 1 aromatic heterocycles. The Hall–Kier alpha value is -1.88. The number of aromatic nitrogens is 2. The summed E-state index contributed by atoms with van der Waals surface area (Å²) in [5, 5.41) is 14.3. The summed E-state index contributed by atoms with van der Waals surface area (Å²) in [6, 6.07) is 5.79. The molecule has 1 fully saturated rings. The average molecular weight is 286 g/mol. The van der Waals surface area contributed by atoms with Crippen molar-refractivity contribution >= 4 is 22.5 Å². The minimum absolute atomic E-state index is 0.0257. The van der Waals surface area contributed by atoms with Gasteiger partial charge in [-0.05, 0) is 38.1 Å². The van der Waals surface area contributed by atoms with Crippen LogP contribution in [0.1, 0.15) is 38.5 Å². The van der Waals surface area contributed by atoms with Gasteiger partial charge in [0.15, 0.2) is 0 Å². The van der Waals surface area contributed by atoms with Crippen LogP contribution in [0, 0.1) is 0 Å². The number of amides is 1. The summed E-state index contributed by atoms with van der Waals surface area (Å²) in [6.07, 6.45) is 8.15. The Balaban J connectivity index is 1.67. The number of aromatic amines is 1. The van der Waals surface area contributed by atoms with E-state index in [-0.39, 0.29) is 11.4 Å². The number of nitrogens with one attached hydrogen (secondary N) is 3. The van der Waals surface area contributed by atoms with E-state index in [4.69, 9.17) is 0 Å². The third kappa shape index (κ3) is 3.08. The molecule has 0 radical (unpaired) electrons. The molecular formula is C16H22N4O. The zero-order chi connectivity index (χ0) is 14.7. The van der Waals surface area contributed by atoms with Crippen molar-refractivity contribution in [1.82, 2.24) is 15.5 Å². The molecule has 1 aromatic carbocycles. The number of benzene rings is 1. The highest BCUT2D eigenvalue weighted by atomic mass is 16.1. The molecule has 1 aliphatic rings. The maximum atomic E-state index is 12.3. The molecule has 0 aliphatic heterocycles. The van der Waals surface area contributed by atoms with Gasteiger partial charge in [-0.3, -0.25) is 9.89 Å². The second-order valence-corrected chi connectivity index (χ2v) is 5.99. The zero-order valence-electron chi connectivity index (χ0n) is 12.4. The van der Waals surface area contributed by atoms with E-state index in [0.717, 1.165) is 29.4 Å². The Morgan fingerprint density at radius 3 is 2.90 bits per heavy atom. The molecular weight excluding hydrogens is 264 g/mol. The lowest BCUT2D eigenvalue weighted by Crippen LogP contribution is -2.47. The van der Waals surface area contributed by atoms with E-state index < -0.39 is 0 Å². The maximum Gasteiger partial charge on any atom is 0.226 e. The fourth-order valence-corrected chi connectivity index (χ4v) is 3.28. The summed E-state index contributed by atoms with van der Waals surface area (Å²) in [4.78, 5) is 12.3. The molecule has 0 atom stereocenters. The number of anilines is 1. The van der Waals surface area contributed by atoms with E-state index in [1.807, 2.05) is 25.2 Å². The second kappa shape index (κ2) is 5.85. The van der Waals surface area contributed by atoms with Crippen LogP contribution in [-0.2, 0) is 4.79 Å². The Labute approximate surface area is 124 Å². The quantitative estimate of drug-likeness (QED) is 0.809. The van der Waals surface area contributed by atoms with Crippen molar-refractivity contribution in [2.24, 2.45) is 0 Å². The van der Waals surface area contributed by atoms with Crippen molar-refractivity contribution in [1.29, 1.82) is 0 Å². The smallest absolute Gasteiger partial charge is 0.226 e. The molecule has 5 nitrogen and oxygen atoms in total. The lowest BCUT2D eigenvalue weighted by atomic mass is 9.79. The largest absolute Gasteiger partial charge is 0.326 e. The second-order valence-electron chi connectivity index (χ2n) is 5.99. The van der Waals surface area contributed by atoms with Crippen LogP contribution in [0.2, 0.25) is 0 Å². The SMILES string of the molecule is CNC1(CC(=O)Nc2ccc3[nH]ncc3c2)CCCCC1. The van der Waals surface area contributed by atoms with Gasteiger partial charge in [-0.25, -0.2) is 0 Å². The fourth-order valence-electron chi connectivity index (χ4n) is 3.28. The van der Waals surface area contributed by atoms with Gasteiger partial charge in [-0.2, -0.15) is 5.10 Å². The molecule has 3 N–H and O–H groups in total. The highest BCUT2D eigenvalue weighted by Crippen LogP contribution is 2.31. The summed E-state index contributed by atoms with van der Waals surface area (Å²) >= 11 is 0. The molecule has 1 heterocycles.